The summed E-state index contributed by atoms with van der Waals surface area (Å²) < 4.78 is 1.67. The highest BCUT2D eigenvalue weighted by Gasteiger charge is 2.25. The summed E-state index contributed by atoms with van der Waals surface area (Å²) in [6.07, 6.45) is 4.02. The van der Waals surface area contributed by atoms with Gasteiger partial charge in [-0.15, -0.1) is 0 Å². The number of benzene rings is 1. The van der Waals surface area contributed by atoms with Crippen LogP contribution in [0.25, 0.3) is 0 Å². The summed E-state index contributed by atoms with van der Waals surface area (Å²) >= 11 is 0. The average molecular weight is 270 g/mol. The molecule has 3 rings (SSSR count). The van der Waals surface area contributed by atoms with Crippen molar-refractivity contribution in [2.45, 2.75) is 19.4 Å². The molecule has 1 aromatic carbocycles. The molecule has 0 saturated heterocycles. The van der Waals surface area contributed by atoms with Crippen molar-refractivity contribution in [3.8, 4) is 0 Å². The van der Waals surface area contributed by atoms with Gasteiger partial charge in [0.15, 0.2) is 0 Å². The van der Waals surface area contributed by atoms with Crippen molar-refractivity contribution in [3.63, 3.8) is 0 Å². The second-order valence-electron chi connectivity index (χ2n) is 4.58. The number of nitrogens with zero attached hydrogens (tertiary/aromatic N) is 3. The van der Waals surface area contributed by atoms with Crippen LogP contribution < -0.4 is 5.32 Å². The molecule has 0 fully saturated rings. The van der Waals surface area contributed by atoms with E-state index in [0.717, 1.165) is 12.0 Å². The number of fused-ring (bicyclic) bond motifs is 1. The molecule has 1 unspecified atom stereocenters. The molecule has 102 valence electrons. The number of aryl methyl sites for hydroxylation is 1. The number of rotatable bonds is 3. The van der Waals surface area contributed by atoms with Crippen LogP contribution in [0, 0.1) is 0 Å². The van der Waals surface area contributed by atoms with E-state index in [1.165, 1.54) is 11.9 Å². The van der Waals surface area contributed by atoms with Crippen LogP contribution in [-0.4, -0.2) is 25.8 Å². The molecule has 0 aliphatic carbocycles. The first-order chi connectivity index (χ1) is 9.69. The SMILES string of the molecule is CCc1ccc(C2C=C(C(=O)O)Nc3ncnn32)cc1. The Morgan fingerprint density at radius 3 is 2.80 bits per heavy atom. The first-order valence-electron chi connectivity index (χ1n) is 6.39. The second-order valence-corrected chi connectivity index (χ2v) is 4.58. The predicted octanol–water partition coefficient (Wildman–Crippen LogP) is 1.82. The van der Waals surface area contributed by atoms with E-state index in [0.29, 0.717) is 5.95 Å². The van der Waals surface area contributed by atoms with E-state index >= 15 is 0 Å². The van der Waals surface area contributed by atoms with Crippen LogP contribution >= 0.6 is 0 Å². The van der Waals surface area contributed by atoms with Crippen LogP contribution in [0.4, 0.5) is 5.95 Å². The zero-order valence-electron chi connectivity index (χ0n) is 10.9. The van der Waals surface area contributed by atoms with Crippen LogP contribution in [0.2, 0.25) is 0 Å². The molecule has 2 N–H and O–H groups in total. The third-order valence-corrected chi connectivity index (χ3v) is 3.37. The van der Waals surface area contributed by atoms with Gasteiger partial charge in [0.25, 0.3) is 0 Å². The van der Waals surface area contributed by atoms with Gasteiger partial charge < -0.3 is 10.4 Å². The van der Waals surface area contributed by atoms with Crippen molar-refractivity contribution in [2.24, 2.45) is 0 Å². The molecule has 1 aromatic heterocycles. The van der Waals surface area contributed by atoms with Gasteiger partial charge in [0, 0.05) is 0 Å². The summed E-state index contributed by atoms with van der Waals surface area (Å²) in [6.45, 7) is 2.09. The highest BCUT2D eigenvalue weighted by molar-refractivity contribution is 5.90. The number of allylic oxidation sites excluding steroid dienone is 1. The van der Waals surface area contributed by atoms with E-state index < -0.39 is 5.97 Å². The minimum Gasteiger partial charge on any atom is -0.477 e. The van der Waals surface area contributed by atoms with Gasteiger partial charge in [0.05, 0.1) is 0 Å². The fourth-order valence-corrected chi connectivity index (χ4v) is 2.25. The fraction of sp³-hybridized carbons (Fsp3) is 0.214. The molecule has 0 spiro atoms. The van der Waals surface area contributed by atoms with Crippen LogP contribution in [0.5, 0.6) is 0 Å². The maximum atomic E-state index is 11.2. The van der Waals surface area contributed by atoms with E-state index in [1.807, 2.05) is 24.3 Å². The molecular formula is C14H14N4O2. The van der Waals surface area contributed by atoms with E-state index in [1.54, 1.807) is 10.8 Å². The number of carbonyl (C=O) groups is 1. The summed E-state index contributed by atoms with van der Waals surface area (Å²) in [7, 11) is 0. The number of hydrogen-bond acceptors (Lipinski definition) is 4. The fourth-order valence-electron chi connectivity index (χ4n) is 2.25. The summed E-state index contributed by atoms with van der Waals surface area (Å²) in [6, 6.07) is 7.82. The Labute approximate surface area is 115 Å². The standard InChI is InChI=1S/C14H14N4O2/c1-2-9-3-5-10(6-4-9)12-7-11(13(19)20)17-14-15-8-16-18(12)14/h3-8,12H,2H2,1H3,(H,19,20)(H,15,16,17). The second kappa shape index (κ2) is 4.80. The van der Waals surface area contributed by atoms with Gasteiger partial charge in [-0.05, 0) is 23.6 Å². The number of hydrogen-bond donors (Lipinski definition) is 2. The van der Waals surface area contributed by atoms with Crippen LogP contribution in [0.1, 0.15) is 24.1 Å². The normalized spacial score (nSPS) is 17.1. The maximum absolute atomic E-state index is 11.2. The number of nitrogens with one attached hydrogen (secondary N) is 1. The van der Waals surface area contributed by atoms with Crippen LogP contribution in [0.3, 0.4) is 0 Å². The molecule has 20 heavy (non-hydrogen) atoms. The molecule has 1 aliphatic rings. The minimum absolute atomic E-state index is 0.120. The van der Waals surface area contributed by atoms with Gasteiger partial charge >= 0.3 is 5.97 Å². The van der Waals surface area contributed by atoms with Crippen molar-refractivity contribution < 1.29 is 9.90 Å². The highest BCUT2D eigenvalue weighted by atomic mass is 16.4. The minimum atomic E-state index is -1.01. The van der Waals surface area contributed by atoms with Gasteiger partial charge in [-0.2, -0.15) is 10.1 Å². The Morgan fingerprint density at radius 2 is 2.15 bits per heavy atom. The molecule has 2 aromatic rings. The Morgan fingerprint density at radius 1 is 1.40 bits per heavy atom. The van der Waals surface area contributed by atoms with Crippen LogP contribution in [-0.2, 0) is 11.2 Å². The number of aromatic nitrogens is 3. The Bertz CT molecular complexity index is 673. The molecule has 0 radical (unpaired) electrons. The quantitative estimate of drug-likeness (QED) is 0.889. The van der Waals surface area contributed by atoms with Crippen molar-refractivity contribution in [2.75, 3.05) is 5.32 Å². The Kier molecular flexibility index (Phi) is 2.98. The van der Waals surface area contributed by atoms with Gasteiger partial charge in [-0.1, -0.05) is 31.2 Å². The smallest absolute Gasteiger partial charge is 0.352 e. The van der Waals surface area contributed by atoms with Crippen molar-refractivity contribution >= 4 is 11.9 Å². The Hall–Kier alpha value is -2.63. The van der Waals surface area contributed by atoms with E-state index in [4.69, 9.17) is 5.11 Å². The average Bonchev–Trinajstić information content (AvgIpc) is 2.94. The lowest BCUT2D eigenvalue weighted by Gasteiger charge is -2.22. The summed E-state index contributed by atoms with van der Waals surface area (Å²) in [5.74, 6) is -0.566. The molecule has 0 amide bonds. The topological polar surface area (TPSA) is 80.0 Å². The number of aliphatic carboxylic acids is 1. The summed E-state index contributed by atoms with van der Waals surface area (Å²) in [5, 5.41) is 16.1. The highest BCUT2D eigenvalue weighted by Crippen LogP contribution is 2.28. The number of carboxylic acid groups (broad SMARTS) is 1. The lowest BCUT2D eigenvalue weighted by molar-refractivity contribution is -0.132. The molecule has 1 aliphatic heterocycles. The third-order valence-electron chi connectivity index (χ3n) is 3.37. The number of anilines is 1. The zero-order chi connectivity index (χ0) is 14.1. The summed E-state index contributed by atoms with van der Waals surface area (Å²) in [4.78, 5) is 15.2. The van der Waals surface area contributed by atoms with Gasteiger partial charge in [-0.25, -0.2) is 9.48 Å². The summed E-state index contributed by atoms with van der Waals surface area (Å²) in [5.41, 5.74) is 2.34. The van der Waals surface area contributed by atoms with Gasteiger partial charge in [0.2, 0.25) is 5.95 Å². The van der Waals surface area contributed by atoms with Crippen molar-refractivity contribution in [1.82, 2.24) is 14.8 Å². The monoisotopic (exact) mass is 270 g/mol. The van der Waals surface area contributed by atoms with Crippen molar-refractivity contribution in [1.29, 1.82) is 0 Å². The maximum Gasteiger partial charge on any atom is 0.352 e. The largest absolute Gasteiger partial charge is 0.477 e. The molecule has 0 saturated carbocycles. The molecule has 6 nitrogen and oxygen atoms in total. The molecule has 0 bridgehead atoms. The van der Waals surface area contributed by atoms with E-state index in [2.05, 4.69) is 22.3 Å². The molecule has 1 atom stereocenters. The predicted molar refractivity (Wildman–Crippen MR) is 73.3 cm³/mol. The van der Waals surface area contributed by atoms with Crippen molar-refractivity contribution in [3.05, 3.63) is 53.5 Å². The van der Waals surface area contributed by atoms with Crippen LogP contribution in [0.15, 0.2) is 42.4 Å². The van der Waals surface area contributed by atoms with Gasteiger partial charge in [-0.3, -0.25) is 0 Å². The lowest BCUT2D eigenvalue weighted by atomic mass is 10.0. The van der Waals surface area contributed by atoms with E-state index in [-0.39, 0.29) is 11.7 Å². The number of carboxylic acids is 1. The Balaban J connectivity index is 2.04. The molecule has 6 heteroatoms. The van der Waals surface area contributed by atoms with E-state index in [9.17, 15) is 4.79 Å². The molecular weight excluding hydrogens is 256 g/mol. The third kappa shape index (κ3) is 2.05. The molecule has 2 heterocycles. The first-order valence-corrected chi connectivity index (χ1v) is 6.39. The lowest BCUT2D eigenvalue weighted by Crippen LogP contribution is -2.24. The first kappa shape index (κ1) is 12.4. The zero-order valence-corrected chi connectivity index (χ0v) is 10.9. The van der Waals surface area contributed by atoms with Gasteiger partial charge in [0.1, 0.15) is 18.1 Å².